The van der Waals surface area contributed by atoms with E-state index in [1.807, 2.05) is 0 Å². The summed E-state index contributed by atoms with van der Waals surface area (Å²) in [5.74, 6) is -0.915. The number of benzene rings is 2. The molecule has 36 heavy (non-hydrogen) atoms. The van der Waals surface area contributed by atoms with Crippen LogP contribution in [-0.4, -0.2) is 59.9 Å². The topological polar surface area (TPSA) is 155 Å². The maximum absolute atomic E-state index is 12.8. The summed E-state index contributed by atoms with van der Waals surface area (Å²) in [7, 11) is -4.25. The standard InChI is InChI=1S/C13H13F3N2O4S.C9H8FNO2/c14-13(15,16)10-1-2-11(9(5-10)6-17)23(21,22)18-4-3-12(20,7-18)8-19;1-2-13-9-3-6(5-11)7(10)4-8(9)12/h1-2,5,19-20H,3-4,7-8H2;3-4,12H,2H2,1H3. The number of phenols is 1. The third-order valence-electron chi connectivity index (χ3n) is 5.11. The number of rotatable bonds is 5. The molecule has 1 aliphatic rings. The number of halogens is 4. The molecule has 0 radical (unpaired) electrons. The highest BCUT2D eigenvalue weighted by atomic mass is 32.2. The van der Waals surface area contributed by atoms with Crippen LogP contribution in [-0.2, 0) is 16.2 Å². The van der Waals surface area contributed by atoms with E-state index in [0.29, 0.717) is 18.7 Å². The SMILES string of the molecule is CCOc1cc(C#N)c(F)cc1O.N#Cc1cc(C(F)(F)F)ccc1S(=O)(=O)N1CCC(O)(CO)C1. The maximum Gasteiger partial charge on any atom is 0.416 e. The van der Waals surface area contributed by atoms with Crippen LogP contribution in [0.2, 0.25) is 0 Å². The fourth-order valence-corrected chi connectivity index (χ4v) is 4.85. The van der Waals surface area contributed by atoms with Gasteiger partial charge in [0.05, 0.1) is 34.8 Å². The first-order chi connectivity index (χ1) is 16.7. The van der Waals surface area contributed by atoms with Gasteiger partial charge in [-0.2, -0.15) is 28.0 Å². The second kappa shape index (κ2) is 11.1. The first-order valence-corrected chi connectivity index (χ1v) is 11.7. The normalized spacial score (nSPS) is 18.0. The van der Waals surface area contributed by atoms with Gasteiger partial charge in [-0.25, -0.2) is 12.8 Å². The summed E-state index contributed by atoms with van der Waals surface area (Å²) in [6.07, 6.45) is -4.70. The quantitative estimate of drug-likeness (QED) is 0.497. The Morgan fingerprint density at radius 3 is 2.31 bits per heavy atom. The highest BCUT2D eigenvalue weighted by Crippen LogP contribution is 2.34. The number of ether oxygens (including phenoxy) is 1. The number of alkyl halides is 3. The van der Waals surface area contributed by atoms with E-state index in [9.17, 15) is 31.1 Å². The second-order valence-electron chi connectivity index (χ2n) is 7.64. The van der Waals surface area contributed by atoms with Gasteiger partial charge in [0.15, 0.2) is 11.5 Å². The van der Waals surface area contributed by atoms with E-state index in [1.54, 1.807) is 13.0 Å². The maximum atomic E-state index is 12.8. The molecule has 1 heterocycles. The summed E-state index contributed by atoms with van der Waals surface area (Å²) >= 11 is 0. The molecule has 9 nitrogen and oxygen atoms in total. The molecule has 2 aromatic rings. The number of hydrogen-bond donors (Lipinski definition) is 3. The minimum Gasteiger partial charge on any atom is -0.504 e. The molecule has 0 saturated carbocycles. The Morgan fingerprint density at radius 2 is 1.81 bits per heavy atom. The number of aliphatic hydroxyl groups excluding tert-OH is 1. The molecular formula is C22H21F4N3O6S. The zero-order valence-corrected chi connectivity index (χ0v) is 19.6. The molecule has 194 valence electrons. The number of hydrogen-bond acceptors (Lipinski definition) is 8. The number of aliphatic hydroxyl groups is 2. The van der Waals surface area contributed by atoms with Gasteiger partial charge in [-0.05, 0) is 31.5 Å². The van der Waals surface area contributed by atoms with Crippen molar-refractivity contribution in [2.75, 3.05) is 26.3 Å². The molecule has 1 saturated heterocycles. The van der Waals surface area contributed by atoms with E-state index < -0.39 is 56.8 Å². The molecule has 0 aromatic heterocycles. The number of β-amino-alcohol motifs (C(OH)–C–C–N with tert-alkyl or cyclic N) is 1. The lowest BCUT2D eigenvalue weighted by Gasteiger charge is -2.21. The molecule has 1 atom stereocenters. The van der Waals surface area contributed by atoms with E-state index >= 15 is 0 Å². The van der Waals surface area contributed by atoms with Crippen molar-refractivity contribution in [3.05, 3.63) is 52.8 Å². The van der Waals surface area contributed by atoms with E-state index in [1.165, 1.54) is 12.1 Å². The Balaban J connectivity index is 0.000000297. The average molecular weight is 531 g/mol. The van der Waals surface area contributed by atoms with Crippen LogP contribution < -0.4 is 4.74 Å². The van der Waals surface area contributed by atoms with Gasteiger partial charge in [0, 0.05) is 25.2 Å². The van der Waals surface area contributed by atoms with Crippen LogP contribution in [0.25, 0.3) is 0 Å². The Bertz CT molecular complexity index is 1300. The summed E-state index contributed by atoms with van der Waals surface area (Å²) in [5.41, 5.74) is -3.48. The van der Waals surface area contributed by atoms with Crippen LogP contribution in [0.5, 0.6) is 11.5 Å². The zero-order chi connectivity index (χ0) is 27.3. The summed E-state index contributed by atoms with van der Waals surface area (Å²) < 4.78 is 81.6. The fourth-order valence-electron chi connectivity index (χ4n) is 3.21. The summed E-state index contributed by atoms with van der Waals surface area (Å²) in [6.45, 7) is 0.944. The molecule has 3 rings (SSSR count). The minimum absolute atomic E-state index is 0.00868. The van der Waals surface area contributed by atoms with Crippen molar-refractivity contribution >= 4 is 10.0 Å². The Labute approximate surface area is 204 Å². The lowest BCUT2D eigenvalue weighted by atomic mass is 10.1. The van der Waals surface area contributed by atoms with Gasteiger partial charge < -0.3 is 20.1 Å². The van der Waals surface area contributed by atoms with Gasteiger partial charge in [-0.15, -0.1) is 0 Å². The van der Waals surface area contributed by atoms with Gasteiger partial charge in [-0.3, -0.25) is 0 Å². The first-order valence-electron chi connectivity index (χ1n) is 10.2. The van der Waals surface area contributed by atoms with Crippen molar-refractivity contribution < 1.29 is 46.0 Å². The fraction of sp³-hybridized carbons (Fsp3) is 0.364. The third kappa shape index (κ3) is 6.41. The highest BCUT2D eigenvalue weighted by molar-refractivity contribution is 7.89. The molecule has 3 N–H and O–H groups in total. The molecule has 0 spiro atoms. The van der Waals surface area contributed by atoms with Crippen LogP contribution in [0, 0.1) is 28.5 Å². The molecular weight excluding hydrogens is 510 g/mol. The third-order valence-corrected chi connectivity index (χ3v) is 7.01. The molecule has 0 aliphatic carbocycles. The zero-order valence-electron chi connectivity index (χ0n) is 18.8. The predicted octanol–water partition coefficient (Wildman–Crippen LogP) is 2.50. The molecule has 1 unspecified atom stereocenters. The van der Waals surface area contributed by atoms with Crippen LogP contribution in [0.4, 0.5) is 17.6 Å². The molecule has 1 fully saturated rings. The average Bonchev–Trinajstić information content (AvgIpc) is 3.24. The van der Waals surface area contributed by atoms with Crippen LogP contribution >= 0.6 is 0 Å². The Hall–Kier alpha value is -3.43. The number of phenolic OH excluding ortho intramolecular Hbond substituents is 1. The van der Waals surface area contributed by atoms with Crippen molar-refractivity contribution in [3.8, 4) is 23.6 Å². The van der Waals surface area contributed by atoms with E-state index in [-0.39, 0.29) is 30.0 Å². The van der Waals surface area contributed by atoms with Crippen molar-refractivity contribution in [3.63, 3.8) is 0 Å². The predicted molar refractivity (Wildman–Crippen MR) is 116 cm³/mol. The van der Waals surface area contributed by atoms with E-state index in [2.05, 4.69) is 0 Å². The van der Waals surface area contributed by atoms with E-state index in [0.717, 1.165) is 16.4 Å². The van der Waals surface area contributed by atoms with Crippen LogP contribution in [0.1, 0.15) is 30.0 Å². The highest BCUT2D eigenvalue weighted by Gasteiger charge is 2.42. The van der Waals surface area contributed by atoms with Gasteiger partial charge in [0.2, 0.25) is 10.0 Å². The first kappa shape index (κ1) is 28.8. The van der Waals surface area contributed by atoms with Gasteiger partial charge in [0.25, 0.3) is 0 Å². The smallest absolute Gasteiger partial charge is 0.416 e. The summed E-state index contributed by atoms with van der Waals surface area (Å²) in [6, 6.07) is 6.94. The largest absolute Gasteiger partial charge is 0.504 e. The molecule has 1 aliphatic heterocycles. The molecule has 0 bridgehead atoms. The lowest BCUT2D eigenvalue weighted by Crippen LogP contribution is -2.39. The molecule has 0 amide bonds. The second-order valence-corrected chi connectivity index (χ2v) is 9.54. The molecule has 14 heteroatoms. The van der Waals surface area contributed by atoms with Gasteiger partial charge >= 0.3 is 6.18 Å². The summed E-state index contributed by atoms with van der Waals surface area (Å²) in [4.78, 5) is -0.560. The Kier molecular flexibility index (Phi) is 8.88. The van der Waals surface area contributed by atoms with Crippen LogP contribution in [0.3, 0.4) is 0 Å². The van der Waals surface area contributed by atoms with Crippen molar-refractivity contribution in [2.45, 2.75) is 30.0 Å². The molecule has 2 aromatic carbocycles. The lowest BCUT2D eigenvalue weighted by molar-refractivity contribution is -0.137. The number of nitrogens with zero attached hydrogens (tertiary/aromatic N) is 3. The monoisotopic (exact) mass is 531 g/mol. The number of nitriles is 2. The van der Waals surface area contributed by atoms with Gasteiger partial charge in [-0.1, -0.05) is 0 Å². The minimum atomic E-state index is -4.70. The van der Waals surface area contributed by atoms with Crippen molar-refractivity contribution in [1.82, 2.24) is 4.31 Å². The van der Waals surface area contributed by atoms with Crippen LogP contribution in [0.15, 0.2) is 35.2 Å². The van der Waals surface area contributed by atoms with E-state index in [4.69, 9.17) is 25.5 Å². The van der Waals surface area contributed by atoms with Crippen molar-refractivity contribution in [1.29, 1.82) is 10.5 Å². The van der Waals surface area contributed by atoms with Gasteiger partial charge in [0.1, 0.15) is 23.6 Å². The number of sulfonamides is 1. The number of aromatic hydroxyl groups is 1. The Morgan fingerprint density at radius 1 is 1.17 bits per heavy atom. The summed E-state index contributed by atoms with van der Waals surface area (Å²) in [5, 5.41) is 45.6. The van der Waals surface area contributed by atoms with Crippen molar-refractivity contribution in [2.24, 2.45) is 0 Å².